The molecule has 1 N–H and O–H groups in total. The fourth-order valence-corrected chi connectivity index (χ4v) is 5.26. The maximum Gasteiger partial charge on any atom is 0.261 e. The molecular formula is C22H17FN2O3S2. The number of halogens is 1. The number of nitrogens with one attached hydrogen (secondary N) is 1. The van der Waals surface area contributed by atoms with Crippen LogP contribution in [0.1, 0.15) is 20.8 Å². The van der Waals surface area contributed by atoms with Crippen LogP contribution in [0.5, 0.6) is 0 Å². The summed E-state index contributed by atoms with van der Waals surface area (Å²) < 4.78 is 39.9. The second-order valence-electron chi connectivity index (χ2n) is 6.77. The van der Waals surface area contributed by atoms with Gasteiger partial charge in [0, 0.05) is 18.9 Å². The second-order valence-corrected chi connectivity index (χ2v) is 9.80. The number of carbonyl (C=O) groups is 1. The van der Waals surface area contributed by atoms with Gasteiger partial charge in [0.1, 0.15) is 5.82 Å². The lowest BCUT2D eigenvalue weighted by Gasteiger charge is -2.08. The molecule has 8 heteroatoms. The van der Waals surface area contributed by atoms with Gasteiger partial charge >= 0.3 is 0 Å². The fraction of sp³-hybridized carbons (Fsp3) is 0.0909. The Morgan fingerprint density at radius 2 is 1.80 bits per heavy atom. The monoisotopic (exact) mass is 440 g/mol. The number of hydrogen-bond acceptors (Lipinski definition) is 5. The van der Waals surface area contributed by atoms with Gasteiger partial charge in [-0.2, -0.15) is 0 Å². The first kappa shape index (κ1) is 20.2. The Balaban J connectivity index is 1.46. The number of aromatic nitrogens is 1. The summed E-state index contributed by atoms with van der Waals surface area (Å²) in [5.41, 5.74) is 1.03. The van der Waals surface area contributed by atoms with Crippen molar-refractivity contribution in [2.45, 2.75) is 23.3 Å². The molecule has 0 spiro atoms. The Morgan fingerprint density at radius 1 is 1.07 bits per heavy atom. The van der Waals surface area contributed by atoms with E-state index in [1.165, 1.54) is 42.5 Å². The first-order valence-electron chi connectivity index (χ1n) is 9.06. The van der Waals surface area contributed by atoms with Gasteiger partial charge in [0.2, 0.25) is 9.84 Å². The Bertz CT molecular complexity index is 1310. The highest BCUT2D eigenvalue weighted by molar-refractivity contribution is 7.91. The van der Waals surface area contributed by atoms with Gasteiger partial charge in [0.15, 0.2) is 0 Å². The molecule has 2 heterocycles. The molecule has 4 aromatic rings. The van der Waals surface area contributed by atoms with Crippen molar-refractivity contribution in [3.63, 3.8) is 0 Å². The highest BCUT2D eigenvalue weighted by Crippen LogP contribution is 2.25. The standard InChI is InChI=1S/C22H17FN2O3S2/c1-14-10-18(6-7-19(14)23)30(27,28)17-4-2-15(3-5-17)12-25-22(26)20-11-16-8-9-24-13-21(16)29-20/h2-11,13H,12H2,1H3,(H,25,26). The quantitative estimate of drug-likeness (QED) is 0.464. The van der Waals surface area contributed by atoms with Crippen LogP contribution < -0.4 is 5.32 Å². The zero-order valence-corrected chi connectivity index (χ0v) is 17.6. The number of amides is 1. The van der Waals surface area contributed by atoms with E-state index in [1.54, 1.807) is 24.5 Å². The van der Waals surface area contributed by atoms with E-state index >= 15 is 0 Å². The van der Waals surface area contributed by atoms with E-state index in [4.69, 9.17) is 0 Å². The molecule has 0 radical (unpaired) electrons. The highest BCUT2D eigenvalue weighted by Gasteiger charge is 2.18. The normalized spacial score (nSPS) is 11.5. The highest BCUT2D eigenvalue weighted by atomic mass is 32.2. The first-order valence-corrected chi connectivity index (χ1v) is 11.4. The van der Waals surface area contributed by atoms with E-state index in [-0.39, 0.29) is 27.8 Å². The number of thiophene rings is 1. The number of aryl methyl sites for hydroxylation is 1. The van der Waals surface area contributed by atoms with Crippen LogP contribution in [0.4, 0.5) is 4.39 Å². The Kier molecular flexibility index (Phi) is 5.36. The van der Waals surface area contributed by atoms with Crippen molar-refractivity contribution in [3.05, 3.63) is 88.8 Å². The van der Waals surface area contributed by atoms with Gasteiger partial charge in [-0.25, -0.2) is 12.8 Å². The molecular weight excluding hydrogens is 423 g/mol. The van der Waals surface area contributed by atoms with Crippen molar-refractivity contribution in [3.8, 4) is 0 Å². The Hall–Kier alpha value is -3.10. The maximum atomic E-state index is 13.4. The molecule has 0 aliphatic heterocycles. The zero-order chi connectivity index (χ0) is 21.3. The lowest BCUT2D eigenvalue weighted by molar-refractivity contribution is 0.0955. The minimum atomic E-state index is -3.74. The maximum absolute atomic E-state index is 13.4. The number of rotatable bonds is 5. The van der Waals surface area contributed by atoms with Crippen molar-refractivity contribution in [1.29, 1.82) is 0 Å². The third kappa shape index (κ3) is 3.96. The fourth-order valence-electron chi connectivity index (χ4n) is 2.97. The van der Waals surface area contributed by atoms with Gasteiger partial charge in [-0.3, -0.25) is 9.78 Å². The molecule has 152 valence electrons. The van der Waals surface area contributed by atoms with Gasteiger partial charge in [-0.05, 0) is 65.9 Å². The van der Waals surface area contributed by atoms with Crippen molar-refractivity contribution < 1.29 is 17.6 Å². The SMILES string of the molecule is Cc1cc(S(=O)(=O)c2ccc(CNC(=O)c3cc4ccncc4s3)cc2)ccc1F. The van der Waals surface area contributed by atoms with Crippen molar-refractivity contribution in [2.75, 3.05) is 0 Å². The van der Waals surface area contributed by atoms with Gasteiger partial charge < -0.3 is 5.32 Å². The number of carbonyl (C=O) groups excluding carboxylic acids is 1. The van der Waals surface area contributed by atoms with Gasteiger partial charge in [0.05, 0.1) is 19.4 Å². The van der Waals surface area contributed by atoms with Crippen molar-refractivity contribution in [1.82, 2.24) is 10.3 Å². The van der Waals surface area contributed by atoms with E-state index in [1.807, 2.05) is 12.1 Å². The lowest BCUT2D eigenvalue weighted by Crippen LogP contribution is -2.21. The molecule has 0 bridgehead atoms. The molecule has 0 fully saturated rings. The summed E-state index contributed by atoms with van der Waals surface area (Å²) in [4.78, 5) is 17.2. The van der Waals surface area contributed by atoms with Crippen LogP contribution in [0.2, 0.25) is 0 Å². The molecule has 5 nitrogen and oxygen atoms in total. The zero-order valence-electron chi connectivity index (χ0n) is 15.9. The lowest BCUT2D eigenvalue weighted by atomic mass is 10.2. The van der Waals surface area contributed by atoms with Gasteiger partial charge in [-0.15, -0.1) is 11.3 Å². The predicted octanol–water partition coefficient (Wildman–Crippen LogP) is 4.51. The summed E-state index contributed by atoms with van der Waals surface area (Å²) in [6.45, 7) is 1.79. The summed E-state index contributed by atoms with van der Waals surface area (Å²) in [5.74, 6) is -0.648. The number of sulfone groups is 1. The van der Waals surface area contributed by atoms with E-state index in [0.717, 1.165) is 21.7 Å². The summed E-state index contributed by atoms with van der Waals surface area (Å²) in [6, 6.07) is 13.7. The van der Waals surface area contributed by atoms with E-state index in [9.17, 15) is 17.6 Å². The van der Waals surface area contributed by atoms with E-state index < -0.39 is 15.7 Å². The van der Waals surface area contributed by atoms with Crippen LogP contribution in [0, 0.1) is 12.7 Å². The molecule has 0 saturated heterocycles. The van der Waals surface area contributed by atoms with Crippen LogP contribution >= 0.6 is 11.3 Å². The number of benzene rings is 2. The molecule has 2 aromatic heterocycles. The minimum Gasteiger partial charge on any atom is -0.347 e. The first-order chi connectivity index (χ1) is 14.3. The number of hydrogen-bond donors (Lipinski definition) is 1. The molecule has 4 rings (SSSR count). The Morgan fingerprint density at radius 3 is 2.50 bits per heavy atom. The average Bonchev–Trinajstić information content (AvgIpc) is 3.18. The predicted molar refractivity (Wildman–Crippen MR) is 114 cm³/mol. The topological polar surface area (TPSA) is 76.1 Å². The molecule has 0 atom stereocenters. The van der Waals surface area contributed by atoms with Crippen LogP contribution in [0.15, 0.2) is 76.8 Å². The smallest absolute Gasteiger partial charge is 0.261 e. The van der Waals surface area contributed by atoms with Gasteiger partial charge in [-0.1, -0.05) is 12.1 Å². The van der Waals surface area contributed by atoms with Gasteiger partial charge in [0.25, 0.3) is 5.91 Å². The van der Waals surface area contributed by atoms with Crippen LogP contribution in [0.3, 0.4) is 0 Å². The van der Waals surface area contributed by atoms with E-state index in [0.29, 0.717) is 4.88 Å². The average molecular weight is 441 g/mol. The molecule has 0 aliphatic rings. The second kappa shape index (κ2) is 7.97. The molecule has 0 aliphatic carbocycles. The summed E-state index contributed by atoms with van der Waals surface area (Å²) in [6.07, 6.45) is 3.40. The number of nitrogens with zero attached hydrogens (tertiary/aromatic N) is 1. The largest absolute Gasteiger partial charge is 0.347 e. The summed E-state index contributed by atoms with van der Waals surface area (Å²) in [7, 11) is -3.74. The molecule has 30 heavy (non-hydrogen) atoms. The third-order valence-electron chi connectivity index (χ3n) is 4.67. The molecule has 2 aromatic carbocycles. The summed E-state index contributed by atoms with van der Waals surface area (Å²) >= 11 is 1.37. The number of pyridine rings is 1. The number of fused-ring (bicyclic) bond motifs is 1. The molecule has 1 amide bonds. The molecule has 0 saturated carbocycles. The van der Waals surface area contributed by atoms with Crippen LogP contribution in [-0.2, 0) is 16.4 Å². The van der Waals surface area contributed by atoms with Crippen molar-refractivity contribution >= 4 is 37.2 Å². The van der Waals surface area contributed by atoms with Crippen LogP contribution in [-0.4, -0.2) is 19.3 Å². The van der Waals surface area contributed by atoms with Crippen molar-refractivity contribution in [2.24, 2.45) is 0 Å². The molecule has 0 unspecified atom stereocenters. The van der Waals surface area contributed by atoms with Crippen LogP contribution in [0.25, 0.3) is 10.1 Å². The third-order valence-corrected chi connectivity index (χ3v) is 7.52. The van der Waals surface area contributed by atoms with E-state index in [2.05, 4.69) is 10.3 Å². The minimum absolute atomic E-state index is 0.0432. The summed E-state index contributed by atoms with van der Waals surface area (Å²) in [5, 5.41) is 3.80. The Labute approximate surface area is 177 Å².